The molecular weight excluding hydrogens is 300 g/mol. The molecule has 0 aliphatic rings. The van der Waals surface area contributed by atoms with Crippen molar-refractivity contribution in [3.8, 4) is 5.75 Å². The van der Waals surface area contributed by atoms with Crippen LogP contribution in [0.1, 0.15) is 30.9 Å². The molecule has 0 heterocycles. The summed E-state index contributed by atoms with van der Waals surface area (Å²) in [7, 11) is 0. The lowest BCUT2D eigenvalue weighted by Gasteiger charge is -2.12. The Bertz CT molecular complexity index is 707. The molecule has 0 radical (unpaired) electrons. The topological polar surface area (TPSA) is 50.7 Å². The second kappa shape index (κ2) is 9.30. The Kier molecular flexibility index (Phi) is 6.77. The van der Waals surface area contributed by atoms with Crippen molar-refractivity contribution in [1.82, 2.24) is 5.43 Å². The van der Waals surface area contributed by atoms with Crippen LogP contribution in [0.15, 0.2) is 65.8 Å². The van der Waals surface area contributed by atoms with Gasteiger partial charge in [-0.1, -0.05) is 68.5 Å². The number of para-hydroxylation sites is 1. The largest absolute Gasteiger partial charge is 0.483 e. The van der Waals surface area contributed by atoms with E-state index in [0.29, 0.717) is 5.92 Å². The lowest BCUT2D eigenvalue weighted by molar-refractivity contribution is -0.123. The fourth-order valence-electron chi connectivity index (χ4n) is 2.14. The van der Waals surface area contributed by atoms with E-state index >= 15 is 0 Å². The first-order valence-corrected chi connectivity index (χ1v) is 7.92. The van der Waals surface area contributed by atoms with Gasteiger partial charge in [-0.3, -0.25) is 4.79 Å². The molecule has 24 heavy (non-hydrogen) atoms. The zero-order valence-corrected chi connectivity index (χ0v) is 14.0. The molecule has 0 saturated heterocycles. The summed E-state index contributed by atoms with van der Waals surface area (Å²) >= 11 is 0. The van der Waals surface area contributed by atoms with Crippen molar-refractivity contribution in [1.29, 1.82) is 0 Å². The van der Waals surface area contributed by atoms with E-state index in [4.69, 9.17) is 4.74 Å². The van der Waals surface area contributed by atoms with Crippen LogP contribution >= 0.6 is 0 Å². The van der Waals surface area contributed by atoms with E-state index in [1.165, 1.54) is 6.21 Å². The van der Waals surface area contributed by atoms with Gasteiger partial charge < -0.3 is 4.74 Å². The number of carbonyl (C=O) groups is 1. The van der Waals surface area contributed by atoms with Crippen molar-refractivity contribution in [2.24, 2.45) is 5.10 Å². The molecule has 2 aromatic rings. The number of nitrogens with one attached hydrogen (secondary N) is 1. The third-order valence-electron chi connectivity index (χ3n) is 3.34. The lowest BCUT2D eigenvalue weighted by Crippen LogP contribution is -2.24. The molecule has 1 N–H and O–H groups in total. The standard InChI is InChI=1S/C20H22N2O2/c1-16(2)18-12-6-7-13-19(18)24-15-20(23)22-21-14-8-11-17-9-4-3-5-10-17/h3-14,16H,15H2,1-2H3,(H,22,23)/b11-8+,21-14-. The molecule has 124 valence electrons. The highest BCUT2D eigenvalue weighted by Crippen LogP contribution is 2.25. The Labute approximate surface area is 142 Å². The van der Waals surface area contributed by atoms with Crippen molar-refractivity contribution in [2.75, 3.05) is 6.61 Å². The van der Waals surface area contributed by atoms with E-state index in [1.54, 1.807) is 6.08 Å². The maximum atomic E-state index is 11.8. The average molecular weight is 322 g/mol. The smallest absolute Gasteiger partial charge is 0.277 e. The summed E-state index contributed by atoms with van der Waals surface area (Å²) in [5.41, 5.74) is 4.60. The highest BCUT2D eigenvalue weighted by atomic mass is 16.5. The van der Waals surface area contributed by atoms with Crippen LogP contribution in [0.5, 0.6) is 5.75 Å². The monoisotopic (exact) mass is 322 g/mol. The van der Waals surface area contributed by atoms with Crippen LogP contribution in [0.3, 0.4) is 0 Å². The van der Waals surface area contributed by atoms with Gasteiger partial charge in [0.05, 0.1) is 0 Å². The zero-order valence-electron chi connectivity index (χ0n) is 14.0. The summed E-state index contributed by atoms with van der Waals surface area (Å²) in [5.74, 6) is 0.777. The van der Waals surface area contributed by atoms with Gasteiger partial charge in [-0.15, -0.1) is 0 Å². The predicted octanol–water partition coefficient (Wildman–Crippen LogP) is 4.00. The third-order valence-corrected chi connectivity index (χ3v) is 3.34. The van der Waals surface area contributed by atoms with E-state index in [0.717, 1.165) is 16.9 Å². The molecule has 0 atom stereocenters. The Hall–Kier alpha value is -2.88. The number of hydrazone groups is 1. The number of ether oxygens (including phenoxy) is 1. The maximum absolute atomic E-state index is 11.8. The molecular formula is C20H22N2O2. The molecule has 0 aliphatic carbocycles. The fourth-order valence-corrected chi connectivity index (χ4v) is 2.14. The minimum absolute atomic E-state index is 0.0660. The van der Waals surface area contributed by atoms with Gasteiger partial charge >= 0.3 is 0 Å². The molecule has 1 amide bonds. The van der Waals surface area contributed by atoms with E-state index in [2.05, 4.69) is 24.4 Å². The van der Waals surface area contributed by atoms with Crippen molar-refractivity contribution in [2.45, 2.75) is 19.8 Å². The van der Waals surface area contributed by atoms with Crippen LogP contribution in [0.2, 0.25) is 0 Å². The summed E-state index contributed by atoms with van der Waals surface area (Å²) in [4.78, 5) is 11.8. The number of hydrogen-bond acceptors (Lipinski definition) is 3. The molecule has 0 spiro atoms. The Morgan fingerprint density at radius 2 is 1.83 bits per heavy atom. The second-order valence-corrected chi connectivity index (χ2v) is 5.56. The normalized spacial score (nSPS) is 11.3. The lowest BCUT2D eigenvalue weighted by atomic mass is 10.0. The van der Waals surface area contributed by atoms with Gasteiger partial charge in [0.1, 0.15) is 5.75 Å². The number of amides is 1. The van der Waals surface area contributed by atoms with Gasteiger partial charge in [-0.25, -0.2) is 5.43 Å². The van der Waals surface area contributed by atoms with Crippen molar-refractivity contribution in [3.05, 3.63) is 71.8 Å². The number of carbonyl (C=O) groups excluding carboxylic acids is 1. The summed E-state index contributed by atoms with van der Waals surface area (Å²) in [6.07, 6.45) is 5.21. The van der Waals surface area contributed by atoms with Crippen LogP contribution in [-0.4, -0.2) is 18.7 Å². The zero-order chi connectivity index (χ0) is 17.2. The number of nitrogens with zero attached hydrogens (tertiary/aromatic N) is 1. The molecule has 0 fully saturated rings. The molecule has 2 rings (SSSR count). The van der Waals surface area contributed by atoms with Gasteiger partial charge in [0.25, 0.3) is 5.91 Å². The molecule has 4 nitrogen and oxygen atoms in total. The van der Waals surface area contributed by atoms with Crippen LogP contribution in [0.4, 0.5) is 0 Å². The highest BCUT2D eigenvalue weighted by Gasteiger charge is 2.08. The van der Waals surface area contributed by atoms with E-state index in [1.807, 2.05) is 60.7 Å². The molecule has 0 unspecified atom stereocenters. The molecule has 0 saturated carbocycles. The molecule has 0 aromatic heterocycles. The minimum Gasteiger partial charge on any atom is -0.483 e. The van der Waals surface area contributed by atoms with Gasteiger partial charge in [0.15, 0.2) is 6.61 Å². The maximum Gasteiger partial charge on any atom is 0.277 e. The third kappa shape index (κ3) is 5.72. The van der Waals surface area contributed by atoms with Crippen molar-refractivity contribution in [3.63, 3.8) is 0 Å². The summed E-state index contributed by atoms with van der Waals surface area (Å²) in [6.45, 7) is 4.11. The highest BCUT2D eigenvalue weighted by molar-refractivity contribution is 5.82. The number of benzene rings is 2. The van der Waals surface area contributed by atoms with Crippen LogP contribution in [0.25, 0.3) is 6.08 Å². The molecule has 4 heteroatoms. The van der Waals surface area contributed by atoms with Gasteiger partial charge in [-0.05, 0) is 29.2 Å². The SMILES string of the molecule is CC(C)c1ccccc1OCC(=O)N/N=C\C=C\c1ccccc1. The molecule has 0 bridgehead atoms. The van der Waals surface area contributed by atoms with Crippen molar-refractivity contribution >= 4 is 18.2 Å². The first-order chi connectivity index (χ1) is 11.7. The molecule has 0 aliphatic heterocycles. The summed E-state index contributed by atoms with van der Waals surface area (Å²) in [5, 5.41) is 3.86. The average Bonchev–Trinajstić information content (AvgIpc) is 2.60. The van der Waals surface area contributed by atoms with Gasteiger partial charge in [0.2, 0.25) is 0 Å². The van der Waals surface area contributed by atoms with Gasteiger partial charge in [-0.2, -0.15) is 5.10 Å². The van der Waals surface area contributed by atoms with E-state index in [-0.39, 0.29) is 12.5 Å². The van der Waals surface area contributed by atoms with Gasteiger partial charge in [0, 0.05) is 6.21 Å². The van der Waals surface area contributed by atoms with Crippen LogP contribution < -0.4 is 10.2 Å². The predicted molar refractivity (Wildman–Crippen MR) is 98.1 cm³/mol. The van der Waals surface area contributed by atoms with E-state index < -0.39 is 0 Å². The quantitative estimate of drug-likeness (QED) is 0.618. The first-order valence-electron chi connectivity index (χ1n) is 7.92. The second-order valence-electron chi connectivity index (χ2n) is 5.56. The Balaban J connectivity index is 1.78. The summed E-state index contributed by atoms with van der Waals surface area (Å²) < 4.78 is 5.58. The number of hydrogen-bond donors (Lipinski definition) is 1. The van der Waals surface area contributed by atoms with E-state index in [9.17, 15) is 4.79 Å². The minimum atomic E-state index is -0.294. The summed E-state index contributed by atoms with van der Waals surface area (Å²) in [6, 6.07) is 17.6. The Morgan fingerprint density at radius 1 is 1.12 bits per heavy atom. The van der Waals surface area contributed by atoms with Crippen LogP contribution in [-0.2, 0) is 4.79 Å². The van der Waals surface area contributed by atoms with Crippen LogP contribution in [0, 0.1) is 0 Å². The number of rotatable bonds is 7. The molecule has 2 aromatic carbocycles. The first kappa shape index (κ1) is 17.5. The van der Waals surface area contributed by atoms with Crippen molar-refractivity contribution < 1.29 is 9.53 Å². The fraction of sp³-hybridized carbons (Fsp3) is 0.200. The number of allylic oxidation sites excluding steroid dienone is 1. The Morgan fingerprint density at radius 3 is 2.58 bits per heavy atom.